The fourth-order valence-corrected chi connectivity index (χ4v) is 1.75. The first-order valence-electron chi connectivity index (χ1n) is 5.27. The number of hydrogen-bond acceptors (Lipinski definition) is 4. The lowest BCUT2D eigenvalue weighted by molar-refractivity contribution is -0.154. The smallest absolute Gasteiger partial charge is 0.375 e. The number of ketones is 2. The summed E-state index contributed by atoms with van der Waals surface area (Å²) in [6.07, 6.45) is 1.39. The highest BCUT2D eigenvalue weighted by molar-refractivity contribution is 6.37. The summed E-state index contributed by atoms with van der Waals surface area (Å²) in [5.41, 5.74) is 0. The van der Waals surface area contributed by atoms with E-state index in [1.54, 1.807) is 6.92 Å². The normalized spacial score (nSPS) is 24.1. The van der Waals surface area contributed by atoms with E-state index in [-0.39, 0.29) is 24.7 Å². The number of hydrogen-bond donors (Lipinski definition) is 0. The van der Waals surface area contributed by atoms with Gasteiger partial charge in [-0.05, 0) is 25.7 Å². The van der Waals surface area contributed by atoms with Crippen molar-refractivity contribution < 1.29 is 19.1 Å². The molecule has 1 rings (SSSR count). The van der Waals surface area contributed by atoms with Crippen molar-refractivity contribution in [2.24, 2.45) is 11.8 Å². The van der Waals surface area contributed by atoms with Gasteiger partial charge in [-0.2, -0.15) is 0 Å². The quantitative estimate of drug-likeness (QED) is 0.389. The minimum atomic E-state index is -0.891. The summed E-state index contributed by atoms with van der Waals surface area (Å²) >= 11 is 0. The molecular formula is C11H16O4. The van der Waals surface area contributed by atoms with E-state index in [4.69, 9.17) is 0 Å². The molecule has 0 amide bonds. The van der Waals surface area contributed by atoms with E-state index in [0.29, 0.717) is 5.92 Å². The van der Waals surface area contributed by atoms with E-state index in [0.717, 1.165) is 12.8 Å². The second kappa shape index (κ2) is 5.05. The number of ether oxygens (including phenoxy) is 1. The van der Waals surface area contributed by atoms with Crippen LogP contribution in [0.2, 0.25) is 0 Å². The standard InChI is InChI=1S/C11H16O4/c1-3-15-11(14)10(13)6-9(12)8-4-7(2)5-8/h7-8H,3-6H2,1-2H3. The summed E-state index contributed by atoms with van der Waals surface area (Å²) in [5.74, 6) is -1.18. The van der Waals surface area contributed by atoms with E-state index in [1.807, 2.05) is 0 Å². The summed E-state index contributed by atoms with van der Waals surface area (Å²) in [7, 11) is 0. The van der Waals surface area contributed by atoms with Crippen LogP contribution < -0.4 is 0 Å². The molecule has 0 aliphatic heterocycles. The second-order valence-corrected chi connectivity index (χ2v) is 4.06. The SMILES string of the molecule is CCOC(=O)C(=O)CC(=O)C1CC(C)C1. The first-order valence-corrected chi connectivity index (χ1v) is 5.27. The maximum Gasteiger partial charge on any atom is 0.375 e. The molecule has 0 spiro atoms. The van der Waals surface area contributed by atoms with Gasteiger partial charge in [0, 0.05) is 5.92 Å². The summed E-state index contributed by atoms with van der Waals surface area (Å²) in [6, 6.07) is 0. The van der Waals surface area contributed by atoms with E-state index >= 15 is 0 Å². The Morgan fingerprint density at radius 3 is 2.33 bits per heavy atom. The van der Waals surface area contributed by atoms with Crippen LogP contribution in [0.5, 0.6) is 0 Å². The van der Waals surface area contributed by atoms with Crippen LogP contribution in [-0.4, -0.2) is 24.1 Å². The first-order chi connectivity index (χ1) is 7.04. The molecule has 0 unspecified atom stereocenters. The number of esters is 1. The fourth-order valence-electron chi connectivity index (χ4n) is 1.75. The lowest BCUT2D eigenvalue weighted by Gasteiger charge is -2.30. The fraction of sp³-hybridized carbons (Fsp3) is 0.727. The first kappa shape index (κ1) is 11.9. The van der Waals surface area contributed by atoms with E-state index in [1.165, 1.54) is 0 Å². The highest BCUT2D eigenvalue weighted by atomic mass is 16.5. The lowest BCUT2D eigenvalue weighted by atomic mass is 9.73. The Kier molecular flexibility index (Phi) is 4.00. The van der Waals surface area contributed by atoms with Gasteiger partial charge in [-0.25, -0.2) is 4.79 Å². The van der Waals surface area contributed by atoms with Gasteiger partial charge in [0.15, 0.2) is 0 Å². The van der Waals surface area contributed by atoms with Gasteiger partial charge in [0.1, 0.15) is 5.78 Å². The van der Waals surface area contributed by atoms with Gasteiger partial charge in [0.2, 0.25) is 5.78 Å². The van der Waals surface area contributed by atoms with Gasteiger partial charge in [0.25, 0.3) is 0 Å². The Balaban J connectivity index is 2.32. The molecule has 0 aromatic carbocycles. The van der Waals surface area contributed by atoms with Gasteiger partial charge in [-0.3, -0.25) is 9.59 Å². The third-order valence-corrected chi connectivity index (χ3v) is 2.67. The van der Waals surface area contributed by atoms with Crippen molar-refractivity contribution in [1.29, 1.82) is 0 Å². The predicted octanol–water partition coefficient (Wildman–Crippen LogP) is 1.12. The molecule has 1 aliphatic carbocycles. The zero-order chi connectivity index (χ0) is 11.4. The Hall–Kier alpha value is -1.19. The van der Waals surface area contributed by atoms with Crippen molar-refractivity contribution >= 4 is 17.5 Å². The third-order valence-electron chi connectivity index (χ3n) is 2.67. The maximum absolute atomic E-state index is 11.5. The van der Waals surface area contributed by atoms with E-state index in [2.05, 4.69) is 11.7 Å². The molecule has 0 bridgehead atoms. The molecule has 0 heterocycles. The molecule has 4 heteroatoms. The average molecular weight is 212 g/mol. The van der Waals surface area contributed by atoms with Crippen molar-refractivity contribution in [2.75, 3.05) is 6.61 Å². The topological polar surface area (TPSA) is 60.4 Å². The molecule has 0 aromatic heterocycles. The molecule has 84 valence electrons. The number of carbonyl (C=O) groups is 3. The number of Topliss-reactive ketones (excluding diaryl/α,β-unsaturated/α-hetero) is 2. The average Bonchev–Trinajstić information content (AvgIpc) is 2.13. The van der Waals surface area contributed by atoms with Crippen LogP contribution in [-0.2, 0) is 19.1 Å². The van der Waals surface area contributed by atoms with Crippen LogP contribution in [0.15, 0.2) is 0 Å². The number of rotatable bonds is 5. The molecular weight excluding hydrogens is 196 g/mol. The molecule has 0 radical (unpaired) electrons. The van der Waals surface area contributed by atoms with Crippen LogP contribution in [0.25, 0.3) is 0 Å². The number of carbonyl (C=O) groups excluding carboxylic acids is 3. The van der Waals surface area contributed by atoms with Gasteiger partial charge < -0.3 is 4.74 Å². The summed E-state index contributed by atoms with van der Waals surface area (Å²) in [6.45, 7) is 3.86. The van der Waals surface area contributed by atoms with Crippen molar-refractivity contribution in [3.63, 3.8) is 0 Å². The Morgan fingerprint density at radius 1 is 1.27 bits per heavy atom. The van der Waals surface area contributed by atoms with E-state index in [9.17, 15) is 14.4 Å². The van der Waals surface area contributed by atoms with Crippen LogP contribution in [0.4, 0.5) is 0 Å². The monoisotopic (exact) mass is 212 g/mol. The van der Waals surface area contributed by atoms with Crippen LogP contribution >= 0.6 is 0 Å². The zero-order valence-electron chi connectivity index (χ0n) is 9.12. The molecule has 1 fully saturated rings. The Bertz CT molecular complexity index is 276. The Labute approximate surface area is 89.0 Å². The molecule has 0 aromatic rings. The van der Waals surface area contributed by atoms with Crippen LogP contribution in [0.1, 0.15) is 33.1 Å². The van der Waals surface area contributed by atoms with E-state index < -0.39 is 11.8 Å². The molecule has 1 saturated carbocycles. The highest BCUT2D eigenvalue weighted by Crippen LogP contribution is 2.34. The van der Waals surface area contributed by atoms with Gasteiger partial charge in [0.05, 0.1) is 13.0 Å². The molecule has 0 saturated heterocycles. The molecule has 15 heavy (non-hydrogen) atoms. The molecule has 0 atom stereocenters. The van der Waals surface area contributed by atoms with Crippen molar-refractivity contribution in [2.45, 2.75) is 33.1 Å². The summed E-state index contributed by atoms with van der Waals surface area (Å²) < 4.78 is 4.52. The molecule has 0 N–H and O–H groups in total. The minimum absolute atomic E-state index is 0.0154. The van der Waals surface area contributed by atoms with Crippen LogP contribution in [0, 0.1) is 11.8 Å². The summed E-state index contributed by atoms with van der Waals surface area (Å²) in [5, 5.41) is 0. The largest absolute Gasteiger partial charge is 0.460 e. The van der Waals surface area contributed by atoms with Gasteiger partial charge in [-0.15, -0.1) is 0 Å². The van der Waals surface area contributed by atoms with Crippen molar-refractivity contribution in [3.8, 4) is 0 Å². The van der Waals surface area contributed by atoms with Crippen molar-refractivity contribution in [1.82, 2.24) is 0 Å². The highest BCUT2D eigenvalue weighted by Gasteiger charge is 2.33. The molecule has 4 nitrogen and oxygen atoms in total. The third kappa shape index (κ3) is 3.15. The predicted molar refractivity (Wildman–Crippen MR) is 53.2 cm³/mol. The van der Waals surface area contributed by atoms with Crippen LogP contribution in [0.3, 0.4) is 0 Å². The second-order valence-electron chi connectivity index (χ2n) is 4.06. The minimum Gasteiger partial charge on any atom is -0.460 e. The Morgan fingerprint density at radius 2 is 1.87 bits per heavy atom. The van der Waals surface area contributed by atoms with Gasteiger partial charge >= 0.3 is 5.97 Å². The maximum atomic E-state index is 11.5. The van der Waals surface area contributed by atoms with Gasteiger partial charge in [-0.1, -0.05) is 6.92 Å². The molecule has 1 aliphatic rings. The van der Waals surface area contributed by atoms with Crippen molar-refractivity contribution in [3.05, 3.63) is 0 Å². The zero-order valence-corrected chi connectivity index (χ0v) is 9.12. The summed E-state index contributed by atoms with van der Waals surface area (Å²) in [4.78, 5) is 33.6. The lowest BCUT2D eigenvalue weighted by Crippen LogP contribution is -2.31.